The van der Waals surface area contributed by atoms with Gasteiger partial charge >= 0.3 is 0 Å². The number of thiophene rings is 1. The lowest BCUT2D eigenvalue weighted by Gasteiger charge is -2.00. The molecular formula is C17H22OS. The minimum Gasteiger partial charge on any atom is -0.396 e. The molecule has 0 aliphatic heterocycles. The van der Waals surface area contributed by atoms with E-state index in [-0.39, 0.29) is 0 Å². The van der Waals surface area contributed by atoms with E-state index in [4.69, 9.17) is 5.11 Å². The summed E-state index contributed by atoms with van der Waals surface area (Å²) >= 11 is 1.94. The van der Waals surface area contributed by atoms with Gasteiger partial charge in [-0.2, -0.15) is 0 Å². The van der Waals surface area contributed by atoms with Gasteiger partial charge < -0.3 is 5.11 Å². The normalized spacial score (nSPS) is 10.8. The molecule has 1 heterocycles. The minimum atomic E-state index is 0.315. The molecule has 0 atom stereocenters. The Morgan fingerprint density at radius 3 is 2.11 bits per heavy atom. The van der Waals surface area contributed by atoms with Crippen molar-refractivity contribution in [3.63, 3.8) is 0 Å². The standard InChI is InChI=1S/C17H22OS/c18-14-5-4-10-16-12-13-17(19-16)11-6-9-15-7-2-1-3-8-15/h1-3,7-8,12-13,18H,4-6,9-11,14H2. The van der Waals surface area contributed by atoms with Gasteiger partial charge in [-0.1, -0.05) is 30.3 Å². The van der Waals surface area contributed by atoms with Crippen LogP contribution in [0.25, 0.3) is 0 Å². The van der Waals surface area contributed by atoms with Crippen LogP contribution in [0, 0.1) is 0 Å². The first kappa shape index (κ1) is 14.3. The molecule has 1 N–H and O–H groups in total. The van der Waals surface area contributed by atoms with Crippen LogP contribution in [-0.4, -0.2) is 11.7 Å². The molecule has 2 aromatic rings. The molecule has 1 aromatic carbocycles. The van der Waals surface area contributed by atoms with Crippen molar-refractivity contribution < 1.29 is 5.11 Å². The van der Waals surface area contributed by atoms with Gasteiger partial charge in [0.1, 0.15) is 0 Å². The van der Waals surface area contributed by atoms with Crippen molar-refractivity contribution in [3.05, 3.63) is 57.8 Å². The number of aliphatic hydroxyl groups is 1. The van der Waals surface area contributed by atoms with E-state index in [0.717, 1.165) is 19.3 Å². The van der Waals surface area contributed by atoms with Crippen LogP contribution in [0.5, 0.6) is 0 Å². The molecule has 0 fully saturated rings. The summed E-state index contributed by atoms with van der Waals surface area (Å²) in [6, 6.07) is 15.2. The molecule has 1 aromatic heterocycles. The highest BCUT2D eigenvalue weighted by Crippen LogP contribution is 2.20. The van der Waals surface area contributed by atoms with Gasteiger partial charge in [0.05, 0.1) is 0 Å². The van der Waals surface area contributed by atoms with E-state index in [9.17, 15) is 0 Å². The second-order valence-electron chi connectivity index (χ2n) is 4.89. The molecule has 1 nitrogen and oxygen atoms in total. The Balaban J connectivity index is 1.71. The average Bonchev–Trinajstić information content (AvgIpc) is 2.88. The zero-order valence-electron chi connectivity index (χ0n) is 11.3. The molecule has 0 bridgehead atoms. The van der Waals surface area contributed by atoms with Gasteiger partial charge in [0.2, 0.25) is 0 Å². The molecule has 2 rings (SSSR count). The van der Waals surface area contributed by atoms with Gasteiger partial charge in [0.15, 0.2) is 0 Å². The van der Waals surface area contributed by atoms with E-state index in [0.29, 0.717) is 6.61 Å². The maximum atomic E-state index is 8.78. The van der Waals surface area contributed by atoms with Crippen molar-refractivity contribution in [2.75, 3.05) is 6.61 Å². The number of hydrogen-bond donors (Lipinski definition) is 1. The van der Waals surface area contributed by atoms with Crippen LogP contribution in [0.1, 0.15) is 34.6 Å². The van der Waals surface area contributed by atoms with Crippen LogP contribution < -0.4 is 0 Å². The van der Waals surface area contributed by atoms with Crippen molar-refractivity contribution in [3.8, 4) is 0 Å². The molecule has 0 radical (unpaired) electrons. The summed E-state index contributed by atoms with van der Waals surface area (Å²) in [4.78, 5) is 2.96. The summed E-state index contributed by atoms with van der Waals surface area (Å²) in [5.41, 5.74) is 1.43. The van der Waals surface area contributed by atoms with Crippen molar-refractivity contribution >= 4 is 11.3 Å². The molecule has 0 aliphatic carbocycles. The summed E-state index contributed by atoms with van der Waals surface area (Å²) < 4.78 is 0. The van der Waals surface area contributed by atoms with Crippen LogP contribution in [0.4, 0.5) is 0 Å². The van der Waals surface area contributed by atoms with Crippen LogP contribution in [0.2, 0.25) is 0 Å². The van der Waals surface area contributed by atoms with Gasteiger partial charge in [-0.25, -0.2) is 0 Å². The van der Waals surface area contributed by atoms with Gasteiger partial charge in [0.25, 0.3) is 0 Å². The summed E-state index contributed by atoms with van der Waals surface area (Å²) in [7, 11) is 0. The van der Waals surface area contributed by atoms with Crippen LogP contribution in [-0.2, 0) is 19.3 Å². The maximum absolute atomic E-state index is 8.78. The molecule has 102 valence electrons. The largest absolute Gasteiger partial charge is 0.396 e. The Hall–Kier alpha value is -1.12. The summed E-state index contributed by atoms with van der Waals surface area (Å²) in [6.07, 6.45) is 6.70. The molecule has 19 heavy (non-hydrogen) atoms. The Labute approximate surface area is 119 Å². The van der Waals surface area contributed by atoms with E-state index in [2.05, 4.69) is 42.5 Å². The fourth-order valence-electron chi connectivity index (χ4n) is 2.21. The van der Waals surface area contributed by atoms with Crippen molar-refractivity contribution in [2.45, 2.75) is 38.5 Å². The lowest BCUT2D eigenvalue weighted by atomic mass is 10.1. The molecule has 0 saturated carbocycles. The van der Waals surface area contributed by atoms with Crippen LogP contribution >= 0.6 is 11.3 Å². The SMILES string of the molecule is OCCCCc1ccc(CCCc2ccccc2)s1. The number of aryl methyl sites for hydroxylation is 3. The van der Waals surface area contributed by atoms with Gasteiger partial charge in [0, 0.05) is 16.4 Å². The predicted octanol–water partition coefficient (Wildman–Crippen LogP) is 4.24. The molecular weight excluding hydrogens is 252 g/mol. The third-order valence-electron chi connectivity index (χ3n) is 3.28. The van der Waals surface area contributed by atoms with E-state index in [1.54, 1.807) is 0 Å². The predicted molar refractivity (Wildman–Crippen MR) is 82.8 cm³/mol. The summed E-state index contributed by atoms with van der Waals surface area (Å²) in [5, 5.41) is 8.78. The quantitative estimate of drug-likeness (QED) is 0.714. The van der Waals surface area contributed by atoms with Gasteiger partial charge in [-0.3, -0.25) is 0 Å². The molecule has 0 amide bonds. The zero-order valence-corrected chi connectivity index (χ0v) is 12.2. The van der Waals surface area contributed by atoms with E-state index in [1.807, 2.05) is 11.3 Å². The highest BCUT2D eigenvalue weighted by molar-refractivity contribution is 7.11. The van der Waals surface area contributed by atoms with Crippen molar-refractivity contribution in [1.82, 2.24) is 0 Å². The van der Waals surface area contributed by atoms with Gasteiger partial charge in [-0.15, -0.1) is 11.3 Å². The number of hydrogen-bond acceptors (Lipinski definition) is 2. The number of rotatable bonds is 8. The Morgan fingerprint density at radius 1 is 0.737 bits per heavy atom. The van der Waals surface area contributed by atoms with E-state index >= 15 is 0 Å². The van der Waals surface area contributed by atoms with Crippen molar-refractivity contribution in [1.29, 1.82) is 0 Å². The summed E-state index contributed by atoms with van der Waals surface area (Å²) in [6.45, 7) is 0.315. The first-order chi connectivity index (χ1) is 9.38. The second kappa shape index (κ2) is 8.13. The zero-order chi connectivity index (χ0) is 13.3. The highest BCUT2D eigenvalue weighted by Gasteiger charge is 2.01. The number of benzene rings is 1. The summed E-state index contributed by atoms with van der Waals surface area (Å²) in [5.74, 6) is 0. The first-order valence-corrected chi connectivity index (χ1v) is 7.92. The monoisotopic (exact) mass is 274 g/mol. The van der Waals surface area contributed by atoms with Crippen LogP contribution in [0.15, 0.2) is 42.5 Å². The lowest BCUT2D eigenvalue weighted by molar-refractivity contribution is 0.285. The Morgan fingerprint density at radius 2 is 1.42 bits per heavy atom. The fourth-order valence-corrected chi connectivity index (χ4v) is 3.32. The van der Waals surface area contributed by atoms with Gasteiger partial charge in [-0.05, 0) is 56.2 Å². The number of aliphatic hydroxyl groups excluding tert-OH is 1. The molecule has 2 heteroatoms. The Kier molecular flexibility index (Phi) is 6.12. The molecule has 0 aliphatic rings. The van der Waals surface area contributed by atoms with E-state index < -0.39 is 0 Å². The number of unbranched alkanes of at least 4 members (excludes halogenated alkanes) is 1. The minimum absolute atomic E-state index is 0.315. The van der Waals surface area contributed by atoms with Crippen molar-refractivity contribution in [2.24, 2.45) is 0 Å². The third-order valence-corrected chi connectivity index (χ3v) is 4.48. The topological polar surface area (TPSA) is 20.2 Å². The maximum Gasteiger partial charge on any atom is 0.0431 e. The molecule has 0 saturated heterocycles. The molecule has 0 spiro atoms. The fraction of sp³-hybridized carbons (Fsp3) is 0.412. The first-order valence-electron chi connectivity index (χ1n) is 7.11. The van der Waals surface area contributed by atoms with Crippen LogP contribution in [0.3, 0.4) is 0 Å². The second-order valence-corrected chi connectivity index (χ2v) is 6.14. The van der Waals surface area contributed by atoms with E-state index in [1.165, 1.54) is 34.6 Å². The highest BCUT2D eigenvalue weighted by atomic mass is 32.1. The lowest BCUT2D eigenvalue weighted by Crippen LogP contribution is -1.87. The third kappa shape index (κ3) is 5.17. The average molecular weight is 274 g/mol. The smallest absolute Gasteiger partial charge is 0.0431 e. The molecule has 0 unspecified atom stereocenters. The Bertz CT molecular complexity index is 461.